The van der Waals surface area contributed by atoms with Crippen LogP contribution in [0.5, 0.6) is 0 Å². The molecule has 0 aromatic heterocycles. The number of rotatable bonds is 8. The van der Waals surface area contributed by atoms with E-state index in [1.165, 1.54) is 24.3 Å². The number of amides is 1. The second-order valence-electron chi connectivity index (χ2n) is 11.0. The molecule has 0 spiro atoms. The van der Waals surface area contributed by atoms with E-state index in [1.54, 1.807) is 36.4 Å². The van der Waals surface area contributed by atoms with E-state index in [-0.39, 0.29) is 40.0 Å². The minimum Gasteiger partial charge on any atom is -0.414 e. The highest BCUT2D eigenvalue weighted by molar-refractivity contribution is 8.10. The monoisotopic (exact) mass is 551 g/mol. The molecule has 0 bridgehead atoms. The molecule has 0 aliphatic carbocycles. The first-order valence-corrected chi connectivity index (χ1v) is 18.0. The zero-order valence-corrected chi connectivity index (χ0v) is 24.4. The normalized spacial score (nSPS) is 19.9. The van der Waals surface area contributed by atoms with Crippen molar-refractivity contribution in [2.45, 2.75) is 91.1 Å². The summed E-state index contributed by atoms with van der Waals surface area (Å²) in [5.74, 6) is -0.373. The van der Waals surface area contributed by atoms with Crippen molar-refractivity contribution in [3.63, 3.8) is 0 Å². The van der Waals surface area contributed by atoms with Gasteiger partial charge in [-0.2, -0.15) is 0 Å². The van der Waals surface area contributed by atoms with Gasteiger partial charge in [0.2, 0.25) is 29.7 Å². The maximum absolute atomic E-state index is 14.3. The van der Waals surface area contributed by atoms with Crippen molar-refractivity contribution in [2.24, 2.45) is 0 Å². The first kappa shape index (κ1) is 28.6. The van der Waals surface area contributed by atoms with Gasteiger partial charge in [-0.05, 0) is 62.2 Å². The molecule has 3 rings (SSSR count). The van der Waals surface area contributed by atoms with Gasteiger partial charge in [-0.3, -0.25) is 4.79 Å². The summed E-state index contributed by atoms with van der Waals surface area (Å²) in [5.41, 5.74) is 0. The van der Waals surface area contributed by atoms with E-state index in [4.69, 9.17) is 4.43 Å². The summed E-state index contributed by atoms with van der Waals surface area (Å²) in [4.78, 5) is 12.4. The van der Waals surface area contributed by atoms with Gasteiger partial charge in [-0.25, -0.2) is 16.8 Å². The number of benzene rings is 2. The Morgan fingerprint density at radius 1 is 0.944 bits per heavy atom. The summed E-state index contributed by atoms with van der Waals surface area (Å²) >= 11 is 0. The predicted molar refractivity (Wildman–Crippen MR) is 144 cm³/mol. The first-order chi connectivity index (χ1) is 16.6. The number of carbonyl (C=O) groups excluding carboxylic acids is 1. The van der Waals surface area contributed by atoms with E-state index in [0.717, 1.165) is 0 Å². The molecule has 1 saturated heterocycles. The fraction of sp³-hybridized carbons (Fsp3) is 0.500. The third kappa shape index (κ3) is 5.05. The quantitative estimate of drug-likeness (QED) is 0.476. The molecule has 1 aliphatic rings. The Hall–Kier alpha value is -2.01. The van der Waals surface area contributed by atoms with Crippen LogP contribution in [0.3, 0.4) is 0 Å². The molecule has 198 valence electrons. The molecular formula is C26H37NO6S2Si. The van der Waals surface area contributed by atoms with E-state index in [1.807, 2.05) is 6.92 Å². The van der Waals surface area contributed by atoms with E-state index < -0.39 is 44.2 Å². The first-order valence-electron chi connectivity index (χ1n) is 12.1. The molecule has 1 heterocycles. The Kier molecular flexibility index (Phi) is 7.96. The Balaban J connectivity index is 2.21. The lowest BCUT2D eigenvalue weighted by Gasteiger charge is -2.45. The Labute approximate surface area is 216 Å². The van der Waals surface area contributed by atoms with Crippen LogP contribution in [0.4, 0.5) is 0 Å². The molecule has 2 atom stereocenters. The van der Waals surface area contributed by atoms with Crippen LogP contribution in [0, 0.1) is 0 Å². The van der Waals surface area contributed by atoms with Gasteiger partial charge in [0.1, 0.15) is 0 Å². The summed E-state index contributed by atoms with van der Waals surface area (Å²) in [5, 5.41) is 2.66. The molecule has 1 aliphatic heterocycles. The van der Waals surface area contributed by atoms with Crippen LogP contribution in [0.1, 0.15) is 47.0 Å². The van der Waals surface area contributed by atoms with Crippen molar-refractivity contribution >= 4 is 33.9 Å². The highest BCUT2D eigenvalue weighted by Crippen LogP contribution is 2.46. The molecular weight excluding hydrogens is 515 g/mol. The largest absolute Gasteiger partial charge is 0.414 e. The molecule has 1 N–H and O–H groups in total. The van der Waals surface area contributed by atoms with Gasteiger partial charge in [0.05, 0.1) is 15.8 Å². The minimum atomic E-state index is -4.47. The average Bonchev–Trinajstić information content (AvgIpc) is 2.79. The van der Waals surface area contributed by atoms with Crippen LogP contribution in [0.25, 0.3) is 0 Å². The molecule has 0 unspecified atom stereocenters. The zero-order chi connectivity index (χ0) is 27.0. The second-order valence-corrected chi connectivity index (χ2v) is 20.4. The third-order valence-electron chi connectivity index (χ3n) is 7.45. The molecule has 1 fully saturated rings. The average molecular weight is 552 g/mol. The number of hydrogen-bond donors (Lipinski definition) is 1. The molecule has 10 heteroatoms. The van der Waals surface area contributed by atoms with Crippen LogP contribution in [-0.2, 0) is 28.9 Å². The minimum absolute atomic E-state index is 0.0381. The van der Waals surface area contributed by atoms with Crippen molar-refractivity contribution in [2.75, 3.05) is 0 Å². The Morgan fingerprint density at radius 3 is 1.81 bits per heavy atom. The lowest BCUT2D eigenvalue weighted by Crippen LogP contribution is -2.65. The zero-order valence-electron chi connectivity index (χ0n) is 21.8. The van der Waals surface area contributed by atoms with Crippen molar-refractivity contribution in [1.82, 2.24) is 5.32 Å². The Bertz CT molecular complexity index is 1220. The van der Waals surface area contributed by atoms with Gasteiger partial charge < -0.3 is 9.74 Å². The fourth-order valence-corrected chi connectivity index (χ4v) is 11.3. The number of nitrogens with one attached hydrogen (secondary N) is 1. The summed E-state index contributed by atoms with van der Waals surface area (Å²) in [6.07, 6.45) is -1.00. The SMILES string of the molecule is C[C@@H](C[C@@H]1NC(=O)CCC1(S(=O)(=O)c1ccccc1)S(=O)(=O)c1ccccc1)O[Si](C)(C)C(C)(C)C. The van der Waals surface area contributed by atoms with Gasteiger partial charge in [-0.15, -0.1) is 0 Å². The van der Waals surface area contributed by atoms with E-state index >= 15 is 0 Å². The fourth-order valence-electron chi connectivity index (χ4n) is 4.52. The molecule has 2 aromatic rings. The van der Waals surface area contributed by atoms with Crippen molar-refractivity contribution in [3.05, 3.63) is 60.7 Å². The highest BCUT2D eigenvalue weighted by Gasteiger charge is 2.63. The lowest BCUT2D eigenvalue weighted by atomic mass is 9.98. The number of hydrogen-bond acceptors (Lipinski definition) is 6. The van der Waals surface area contributed by atoms with E-state index in [0.29, 0.717) is 0 Å². The molecule has 2 aromatic carbocycles. The van der Waals surface area contributed by atoms with Crippen LogP contribution in [0.2, 0.25) is 18.1 Å². The van der Waals surface area contributed by atoms with Crippen LogP contribution in [-0.4, -0.2) is 47.3 Å². The maximum Gasteiger partial charge on any atom is 0.220 e. The van der Waals surface area contributed by atoms with E-state index in [9.17, 15) is 21.6 Å². The summed E-state index contributed by atoms with van der Waals surface area (Å²) < 4.78 is 61.4. The third-order valence-corrected chi connectivity index (χ3v) is 18.0. The van der Waals surface area contributed by atoms with Crippen LogP contribution in [0.15, 0.2) is 70.5 Å². The molecule has 1 amide bonds. The van der Waals surface area contributed by atoms with Gasteiger partial charge in [0.15, 0.2) is 8.32 Å². The number of piperidine rings is 1. The predicted octanol–water partition coefficient (Wildman–Crippen LogP) is 4.71. The smallest absolute Gasteiger partial charge is 0.220 e. The number of sulfone groups is 2. The summed E-state index contributed by atoms with van der Waals surface area (Å²) in [6, 6.07) is 14.0. The maximum atomic E-state index is 14.3. The van der Waals surface area contributed by atoms with Crippen LogP contribution >= 0.6 is 0 Å². The summed E-state index contributed by atoms with van der Waals surface area (Å²) in [7, 11) is -11.2. The lowest BCUT2D eigenvalue weighted by molar-refractivity contribution is -0.123. The van der Waals surface area contributed by atoms with Crippen molar-refractivity contribution < 1.29 is 26.1 Å². The standard InChI is InChI=1S/C26H37NO6S2Si/c1-20(33-36(5,6)25(2,3)4)19-23-26(18-17-24(28)27-23,34(29,30)21-13-9-7-10-14-21)35(31,32)22-15-11-8-12-16-22/h7-16,20,23H,17-19H2,1-6H3,(H,27,28)/t20-,23-/m0/s1. The topological polar surface area (TPSA) is 107 Å². The van der Waals surface area contributed by atoms with Gasteiger partial charge in [-0.1, -0.05) is 57.2 Å². The molecule has 36 heavy (non-hydrogen) atoms. The number of carbonyl (C=O) groups is 1. The molecule has 0 radical (unpaired) electrons. The molecule has 0 saturated carbocycles. The van der Waals surface area contributed by atoms with Gasteiger partial charge in [0, 0.05) is 12.5 Å². The van der Waals surface area contributed by atoms with Crippen molar-refractivity contribution in [3.8, 4) is 0 Å². The van der Waals surface area contributed by atoms with Crippen molar-refractivity contribution in [1.29, 1.82) is 0 Å². The second kappa shape index (κ2) is 10.0. The highest BCUT2D eigenvalue weighted by atomic mass is 32.3. The van der Waals surface area contributed by atoms with E-state index in [2.05, 4.69) is 39.2 Å². The summed E-state index contributed by atoms with van der Waals surface area (Å²) in [6.45, 7) is 12.3. The van der Waals surface area contributed by atoms with Crippen LogP contribution < -0.4 is 5.32 Å². The Morgan fingerprint density at radius 2 is 1.39 bits per heavy atom. The van der Waals surface area contributed by atoms with Gasteiger partial charge >= 0.3 is 0 Å². The van der Waals surface area contributed by atoms with Gasteiger partial charge in [0.25, 0.3) is 0 Å². The molecule has 7 nitrogen and oxygen atoms in total.